The maximum atomic E-state index is 13.7. The van der Waals surface area contributed by atoms with Crippen molar-refractivity contribution in [3.8, 4) is 0 Å². The summed E-state index contributed by atoms with van der Waals surface area (Å²) in [5.41, 5.74) is 1.48. The summed E-state index contributed by atoms with van der Waals surface area (Å²) in [4.78, 5) is 27.6. The van der Waals surface area contributed by atoms with Crippen LogP contribution in [0.2, 0.25) is 10.0 Å². The zero-order valence-electron chi connectivity index (χ0n) is 20.1. The molecule has 0 aromatic heterocycles. The van der Waals surface area contributed by atoms with Crippen molar-refractivity contribution in [1.82, 2.24) is 10.2 Å². The van der Waals surface area contributed by atoms with E-state index in [1.54, 1.807) is 74.5 Å². The lowest BCUT2D eigenvalue weighted by Gasteiger charge is -2.32. The lowest BCUT2D eigenvalue weighted by Crippen LogP contribution is -2.50. The Kier molecular flexibility index (Phi) is 9.00. The molecule has 0 saturated carbocycles. The van der Waals surface area contributed by atoms with Gasteiger partial charge in [0.2, 0.25) is 11.8 Å². The van der Waals surface area contributed by atoms with Gasteiger partial charge in [0.25, 0.3) is 10.0 Å². The maximum Gasteiger partial charge on any atom is 0.264 e. The number of sulfonamides is 1. The lowest BCUT2D eigenvalue weighted by molar-refractivity contribution is -0.139. The topological polar surface area (TPSA) is 86.8 Å². The highest BCUT2D eigenvalue weighted by molar-refractivity contribution is 7.92. The number of halogens is 2. The van der Waals surface area contributed by atoms with Gasteiger partial charge in [-0.05, 0) is 61.4 Å². The third-order valence-corrected chi connectivity index (χ3v) is 8.19. The number of carbonyl (C=O) groups is 2. The van der Waals surface area contributed by atoms with Crippen LogP contribution in [0.4, 0.5) is 5.69 Å². The van der Waals surface area contributed by atoms with Crippen LogP contribution < -0.4 is 9.62 Å². The molecule has 0 aliphatic carbocycles. The molecule has 3 aromatic carbocycles. The number of nitrogens with zero attached hydrogens (tertiary/aromatic N) is 2. The van der Waals surface area contributed by atoms with E-state index in [-0.39, 0.29) is 23.0 Å². The van der Waals surface area contributed by atoms with Crippen LogP contribution in [0.25, 0.3) is 0 Å². The van der Waals surface area contributed by atoms with Gasteiger partial charge in [-0.2, -0.15) is 0 Å². The van der Waals surface area contributed by atoms with Crippen molar-refractivity contribution < 1.29 is 18.0 Å². The summed E-state index contributed by atoms with van der Waals surface area (Å²) >= 11 is 12.4. The highest BCUT2D eigenvalue weighted by Gasteiger charge is 2.33. The third-order valence-electron chi connectivity index (χ3n) is 5.77. The van der Waals surface area contributed by atoms with Crippen LogP contribution in [0.3, 0.4) is 0 Å². The number of anilines is 1. The molecule has 3 rings (SSSR count). The van der Waals surface area contributed by atoms with Crippen LogP contribution in [0.15, 0.2) is 77.7 Å². The Bertz CT molecular complexity index is 1350. The molecule has 10 heteroatoms. The van der Waals surface area contributed by atoms with E-state index in [2.05, 4.69) is 5.32 Å². The van der Waals surface area contributed by atoms with E-state index in [1.165, 1.54) is 24.1 Å². The smallest absolute Gasteiger partial charge is 0.264 e. The van der Waals surface area contributed by atoms with Crippen molar-refractivity contribution in [2.75, 3.05) is 17.9 Å². The average Bonchev–Trinajstić information content (AvgIpc) is 2.87. The van der Waals surface area contributed by atoms with E-state index in [9.17, 15) is 18.0 Å². The van der Waals surface area contributed by atoms with E-state index < -0.39 is 28.5 Å². The molecule has 1 N–H and O–H groups in total. The predicted molar refractivity (Wildman–Crippen MR) is 143 cm³/mol. The molecule has 0 fully saturated rings. The molecule has 0 aliphatic heterocycles. The second-order valence-electron chi connectivity index (χ2n) is 8.15. The maximum absolute atomic E-state index is 13.7. The number of hydrogen-bond acceptors (Lipinski definition) is 4. The molecule has 1 atom stereocenters. The SMILES string of the molecule is CNC(=O)C(C)N(Cc1cccc(Cl)c1)C(=O)CN(c1cccc(Cl)c1C)S(=O)(=O)c1ccccc1. The number of rotatable bonds is 9. The average molecular weight is 548 g/mol. The Morgan fingerprint density at radius 2 is 1.64 bits per heavy atom. The van der Waals surface area contributed by atoms with E-state index in [0.717, 1.165) is 4.31 Å². The van der Waals surface area contributed by atoms with E-state index in [1.807, 2.05) is 0 Å². The Balaban J connectivity index is 2.07. The zero-order valence-corrected chi connectivity index (χ0v) is 22.4. The first-order valence-corrected chi connectivity index (χ1v) is 13.3. The van der Waals surface area contributed by atoms with Gasteiger partial charge in [0, 0.05) is 23.6 Å². The quantitative estimate of drug-likeness (QED) is 0.422. The molecule has 3 aromatic rings. The molecule has 0 aliphatic rings. The number of benzene rings is 3. The van der Waals surface area contributed by atoms with Crippen LogP contribution >= 0.6 is 23.2 Å². The van der Waals surface area contributed by atoms with Crippen LogP contribution in [0, 0.1) is 6.92 Å². The largest absolute Gasteiger partial charge is 0.357 e. The van der Waals surface area contributed by atoms with Gasteiger partial charge in [0.05, 0.1) is 10.6 Å². The Morgan fingerprint density at radius 1 is 0.972 bits per heavy atom. The highest BCUT2D eigenvalue weighted by atomic mass is 35.5. The summed E-state index contributed by atoms with van der Waals surface area (Å²) in [5.74, 6) is -0.952. The van der Waals surface area contributed by atoms with Gasteiger partial charge in [0.15, 0.2) is 0 Å². The summed E-state index contributed by atoms with van der Waals surface area (Å²) in [5, 5.41) is 3.39. The van der Waals surface area contributed by atoms with Gasteiger partial charge >= 0.3 is 0 Å². The fourth-order valence-electron chi connectivity index (χ4n) is 3.72. The van der Waals surface area contributed by atoms with Gasteiger partial charge in [-0.15, -0.1) is 0 Å². The fraction of sp³-hybridized carbons (Fsp3) is 0.231. The first-order valence-electron chi connectivity index (χ1n) is 11.1. The molecule has 0 saturated heterocycles. The van der Waals surface area contributed by atoms with E-state index >= 15 is 0 Å². The molecular weight excluding hydrogens is 521 g/mol. The Labute approximate surface area is 221 Å². The minimum absolute atomic E-state index is 0.0258. The third kappa shape index (κ3) is 6.19. The van der Waals surface area contributed by atoms with E-state index in [4.69, 9.17) is 23.2 Å². The number of carbonyl (C=O) groups excluding carboxylic acids is 2. The summed E-state index contributed by atoms with van der Waals surface area (Å²) in [6.07, 6.45) is 0. The van der Waals surface area contributed by atoms with Crippen molar-refractivity contribution in [3.05, 3.63) is 94.0 Å². The van der Waals surface area contributed by atoms with Gasteiger partial charge in [0.1, 0.15) is 12.6 Å². The fourth-order valence-corrected chi connectivity index (χ4v) is 5.60. The molecule has 0 bridgehead atoms. The van der Waals surface area contributed by atoms with Gasteiger partial charge < -0.3 is 10.2 Å². The van der Waals surface area contributed by atoms with Crippen LogP contribution in [0.5, 0.6) is 0 Å². The van der Waals surface area contributed by atoms with Crippen molar-refractivity contribution in [2.24, 2.45) is 0 Å². The van der Waals surface area contributed by atoms with Crippen molar-refractivity contribution in [2.45, 2.75) is 31.3 Å². The summed E-state index contributed by atoms with van der Waals surface area (Å²) in [6.45, 7) is 2.79. The Hall–Kier alpha value is -3.07. The number of amides is 2. The van der Waals surface area contributed by atoms with Crippen molar-refractivity contribution in [1.29, 1.82) is 0 Å². The molecule has 36 heavy (non-hydrogen) atoms. The molecule has 190 valence electrons. The van der Waals surface area contributed by atoms with Crippen LogP contribution in [0.1, 0.15) is 18.1 Å². The first-order chi connectivity index (χ1) is 17.1. The Morgan fingerprint density at radius 3 is 2.28 bits per heavy atom. The van der Waals surface area contributed by atoms with Gasteiger partial charge in [-0.3, -0.25) is 13.9 Å². The molecule has 0 radical (unpaired) electrons. The zero-order chi connectivity index (χ0) is 26.5. The number of likely N-dealkylation sites (N-methyl/N-ethyl adjacent to an activating group) is 1. The lowest BCUT2D eigenvalue weighted by atomic mass is 10.1. The molecule has 0 spiro atoms. The minimum Gasteiger partial charge on any atom is -0.357 e. The number of hydrogen-bond donors (Lipinski definition) is 1. The number of nitrogens with one attached hydrogen (secondary N) is 1. The molecule has 2 amide bonds. The summed E-state index contributed by atoms with van der Waals surface area (Å²) in [7, 11) is -2.67. The second-order valence-corrected chi connectivity index (χ2v) is 10.9. The summed E-state index contributed by atoms with van der Waals surface area (Å²) in [6, 6.07) is 18.8. The van der Waals surface area contributed by atoms with Crippen molar-refractivity contribution >= 4 is 50.7 Å². The molecule has 0 heterocycles. The predicted octanol–water partition coefficient (Wildman–Crippen LogP) is 4.66. The second kappa shape index (κ2) is 11.8. The summed E-state index contributed by atoms with van der Waals surface area (Å²) < 4.78 is 28.5. The van der Waals surface area contributed by atoms with E-state index in [0.29, 0.717) is 21.2 Å². The molecular formula is C26H27Cl2N3O4S. The minimum atomic E-state index is -4.15. The molecule has 7 nitrogen and oxygen atoms in total. The van der Waals surface area contributed by atoms with Gasteiger partial charge in [-0.25, -0.2) is 8.42 Å². The van der Waals surface area contributed by atoms with Crippen LogP contribution in [-0.2, 0) is 26.2 Å². The van der Waals surface area contributed by atoms with Crippen LogP contribution in [-0.4, -0.2) is 44.8 Å². The molecule has 1 unspecified atom stereocenters. The van der Waals surface area contributed by atoms with Crippen molar-refractivity contribution in [3.63, 3.8) is 0 Å². The standard InChI is InChI=1S/C26H27Cl2N3O4S/c1-18-23(28)13-8-14-24(18)31(36(34,35)22-11-5-4-6-12-22)17-25(32)30(19(2)26(33)29-3)16-20-9-7-10-21(27)15-20/h4-15,19H,16-17H2,1-3H3,(H,29,33). The van der Waals surface area contributed by atoms with Gasteiger partial charge in [-0.1, -0.05) is 59.6 Å². The first kappa shape index (κ1) is 27.5. The normalized spacial score (nSPS) is 12.0. The monoisotopic (exact) mass is 547 g/mol. The highest BCUT2D eigenvalue weighted by Crippen LogP contribution is 2.31.